The van der Waals surface area contributed by atoms with E-state index in [9.17, 15) is 0 Å². The van der Waals surface area contributed by atoms with Gasteiger partial charge in [-0.2, -0.15) is 0 Å². The third-order valence-corrected chi connectivity index (χ3v) is 2.41. The summed E-state index contributed by atoms with van der Waals surface area (Å²) >= 11 is 9.29. The van der Waals surface area contributed by atoms with Crippen molar-refractivity contribution in [2.75, 3.05) is 7.11 Å². The summed E-state index contributed by atoms with van der Waals surface area (Å²) in [6.45, 7) is 0.411. The van der Waals surface area contributed by atoms with Crippen molar-refractivity contribution in [3.63, 3.8) is 0 Å². The van der Waals surface area contributed by atoms with Gasteiger partial charge in [0.1, 0.15) is 5.75 Å². The van der Waals surface area contributed by atoms with Crippen molar-refractivity contribution >= 4 is 27.5 Å². The zero-order chi connectivity index (χ0) is 9.14. The van der Waals surface area contributed by atoms with Gasteiger partial charge in [-0.1, -0.05) is 27.5 Å². The summed E-state index contributed by atoms with van der Waals surface area (Å²) in [4.78, 5) is 0. The Morgan fingerprint density at radius 3 is 2.75 bits per heavy atom. The number of halogens is 2. The van der Waals surface area contributed by atoms with Gasteiger partial charge in [0.05, 0.1) is 12.1 Å². The van der Waals surface area contributed by atoms with Crippen LogP contribution in [0.4, 0.5) is 0 Å². The summed E-state index contributed by atoms with van der Waals surface area (Å²) in [6, 6.07) is 3.69. The molecule has 2 nitrogen and oxygen atoms in total. The fourth-order valence-electron chi connectivity index (χ4n) is 0.915. The van der Waals surface area contributed by atoms with Crippen LogP contribution in [-0.4, -0.2) is 7.11 Å². The second-order valence-electron chi connectivity index (χ2n) is 2.29. The van der Waals surface area contributed by atoms with Crippen LogP contribution < -0.4 is 10.5 Å². The van der Waals surface area contributed by atoms with E-state index in [1.54, 1.807) is 7.11 Å². The van der Waals surface area contributed by atoms with E-state index in [0.717, 1.165) is 10.0 Å². The number of benzene rings is 1. The summed E-state index contributed by atoms with van der Waals surface area (Å²) in [5, 5.41) is 0.586. The summed E-state index contributed by atoms with van der Waals surface area (Å²) in [7, 11) is 1.58. The molecule has 2 N–H and O–H groups in total. The Kier molecular flexibility index (Phi) is 3.38. The molecule has 0 aromatic heterocycles. The molecule has 0 unspecified atom stereocenters. The van der Waals surface area contributed by atoms with Gasteiger partial charge in [0, 0.05) is 11.0 Å². The van der Waals surface area contributed by atoms with Gasteiger partial charge in [-0.15, -0.1) is 0 Å². The van der Waals surface area contributed by atoms with E-state index < -0.39 is 0 Å². The predicted octanol–water partition coefficient (Wildman–Crippen LogP) is 2.57. The van der Waals surface area contributed by atoms with E-state index in [4.69, 9.17) is 22.1 Å². The summed E-state index contributed by atoms with van der Waals surface area (Å²) in [5.41, 5.74) is 6.36. The molecule has 12 heavy (non-hydrogen) atoms. The maximum atomic E-state index is 5.96. The van der Waals surface area contributed by atoms with Crippen molar-refractivity contribution in [1.29, 1.82) is 0 Å². The molecule has 66 valence electrons. The fraction of sp³-hybridized carbons (Fsp3) is 0.250. The van der Waals surface area contributed by atoms with Gasteiger partial charge < -0.3 is 10.5 Å². The number of nitrogens with two attached hydrogens (primary N) is 1. The molecule has 1 aromatic rings. The summed E-state index contributed by atoms with van der Waals surface area (Å²) < 4.78 is 5.97. The zero-order valence-corrected chi connectivity index (χ0v) is 8.95. The molecule has 0 saturated carbocycles. The minimum atomic E-state index is 0.411. The van der Waals surface area contributed by atoms with E-state index in [-0.39, 0.29) is 0 Å². The van der Waals surface area contributed by atoms with Crippen molar-refractivity contribution < 1.29 is 4.74 Å². The number of ether oxygens (including phenoxy) is 1. The van der Waals surface area contributed by atoms with Crippen LogP contribution in [0.15, 0.2) is 16.6 Å². The van der Waals surface area contributed by atoms with Gasteiger partial charge >= 0.3 is 0 Å². The Balaban J connectivity index is 3.22. The molecule has 0 saturated heterocycles. The Bertz CT molecular complexity index is 265. The predicted molar refractivity (Wildman–Crippen MR) is 53.6 cm³/mol. The Labute approximate surface area is 84.8 Å². The molecule has 0 atom stereocenters. The average molecular weight is 251 g/mol. The maximum absolute atomic E-state index is 5.96. The lowest BCUT2D eigenvalue weighted by Crippen LogP contribution is -1.98. The second kappa shape index (κ2) is 4.12. The van der Waals surface area contributed by atoms with E-state index in [2.05, 4.69) is 15.9 Å². The largest absolute Gasteiger partial charge is 0.495 e. The standard InChI is InChI=1S/C8H9BrClNO/c1-12-7-3-6(9)2-5(4-11)8(7)10/h2-3H,4,11H2,1H3. The molecular formula is C8H9BrClNO. The van der Waals surface area contributed by atoms with Crippen LogP contribution in [0.5, 0.6) is 5.75 Å². The minimum Gasteiger partial charge on any atom is -0.495 e. The second-order valence-corrected chi connectivity index (χ2v) is 3.58. The quantitative estimate of drug-likeness (QED) is 0.875. The number of hydrogen-bond donors (Lipinski definition) is 1. The normalized spacial score (nSPS) is 10.0. The van der Waals surface area contributed by atoms with Gasteiger partial charge in [-0.3, -0.25) is 0 Å². The smallest absolute Gasteiger partial charge is 0.138 e. The van der Waals surface area contributed by atoms with E-state index >= 15 is 0 Å². The Morgan fingerprint density at radius 2 is 2.25 bits per heavy atom. The lowest BCUT2D eigenvalue weighted by Gasteiger charge is -2.07. The van der Waals surface area contributed by atoms with Crippen LogP contribution in [0.25, 0.3) is 0 Å². The van der Waals surface area contributed by atoms with Crippen molar-refractivity contribution in [2.24, 2.45) is 5.73 Å². The van der Waals surface area contributed by atoms with Crippen LogP contribution in [0.1, 0.15) is 5.56 Å². The molecule has 0 aliphatic carbocycles. The Morgan fingerprint density at radius 1 is 1.58 bits per heavy atom. The van der Waals surface area contributed by atoms with Crippen LogP contribution in [-0.2, 0) is 6.54 Å². The monoisotopic (exact) mass is 249 g/mol. The number of rotatable bonds is 2. The first-order valence-corrected chi connectivity index (χ1v) is 4.58. The van der Waals surface area contributed by atoms with Gasteiger partial charge in [0.2, 0.25) is 0 Å². The van der Waals surface area contributed by atoms with E-state index in [0.29, 0.717) is 17.3 Å². The average Bonchev–Trinajstić information content (AvgIpc) is 2.08. The first-order chi connectivity index (χ1) is 5.69. The third kappa shape index (κ3) is 1.91. The van der Waals surface area contributed by atoms with Crippen LogP contribution in [0.2, 0.25) is 5.02 Å². The summed E-state index contributed by atoms with van der Waals surface area (Å²) in [5.74, 6) is 0.645. The lowest BCUT2D eigenvalue weighted by atomic mass is 10.2. The molecule has 1 aromatic carbocycles. The Hall–Kier alpha value is -0.250. The van der Waals surface area contributed by atoms with Crippen molar-refractivity contribution in [3.8, 4) is 5.75 Å². The van der Waals surface area contributed by atoms with Crippen molar-refractivity contribution in [1.82, 2.24) is 0 Å². The molecule has 0 fully saturated rings. The van der Waals surface area contributed by atoms with Crippen LogP contribution in [0.3, 0.4) is 0 Å². The maximum Gasteiger partial charge on any atom is 0.138 e. The molecule has 0 aliphatic heterocycles. The molecule has 0 bridgehead atoms. The van der Waals surface area contributed by atoms with Gasteiger partial charge in [0.15, 0.2) is 0 Å². The fourth-order valence-corrected chi connectivity index (χ4v) is 1.66. The van der Waals surface area contributed by atoms with Crippen molar-refractivity contribution in [2.45, 2.75) is 6.54 Å². The van der Waals surface area contributed by atoms with Crippen LogP contribution in [0, 0.1) is 0 Å². The minimum absolute atomic E-state index is 0.411. The number of hydrogen-bond acceptors (Lipinski definition) is 2. The molecular weight excluding hydrogens is 241 g/mol. The first-order valence-electron chi connectivity index (χ1n) is 3.41. The third-order valence-electron chi connectivity index (χ3n) is 1.52. The van der Waals surface area contributed by atoms with E-state index in [1.165, 1.54) is 0 Å². The molecule has 0 aliphatic rings. The molecule has 4 heteroatoms. The molecule has 0 heterocycles. The van der Waals surface area contributed by atoms with Crippen LogP contribution >= 0.6 is 27.5 Å². The highest BCUT2D eigenvalue weighted by atomic mass is 79.9. The van der Waals surface area contributed by atoms with Crippen molar-refractivity contribution in [3.05, 3.63) is 27.2 Å². The highest BCUT2D eigenvalue weighted by Gasteiger charge is 2.06. The molecule has 0 radical (unpaired) electrons. The molecule has 0 amide bonds. The topological polar surface area (TPSA) is 35.2 Å². The zero-order valence-electron chi connectivity index (χ0n) is 6.60. The number of methoxy groups -OCH3 is 1. The SMILES string of the molecule is COc1cc(Br)cc(CN)c1Cl. The van der Waals surface area contributed by atoms with Gasteiger partial charge in [0.25, 0.3) is 0 Å². The van der Waals surface area contributed by atoms with Gasteiger partial charge in [-0.05, 0) is 17.7 Å². The highest BCUT2D eigenvalue weighted by Crippen LogP contribution is 2.31. The molecule has 1 rings (SSSR count). The first kappa shape index (κ1) is 9.84. The van der Waals surface area contributed by atoms with E-state index in [1.807, 2.05) is 12.1 Å². The highest BCUT2D eigenvalue weighted by molar-refractivity contribution is 9.10. The van der Waals surface area contributed by atoms with Gasteiger partial charge in [-0.25, -0.2) is 0 Å². The lowest BCUT2D eigenvalue weighted by molar-refractivity contribution is 0.414. The molecule has 0 spiro atoms. The summed E-state index contributed by atoms with van der Waals surface area (Å²) in [6.07, 6.45) is 0.